The molecule has 3 amide bonds. The second-order valence-corrected chi connectivity index (χ2v) is 12.1. The summed E-state index contributed by atoms with van der Waals surface area (Å²) in [4.78, 5) is 56.4. The summed E-state index contributed by atoms with van der Waals surface area (Å²) in [6.45, 7) is 5.20. The molecule has 234 valence electrons. The van der Waals surface area contributed by atoms with E-state index in [1.165, 1.54) is 7.11 Å². The Morgan fingerprint density at radius 2 is 1.36 bits per heavy atom. The summed E-state index contributed by atoms with van der Waals surface area (Å²) >= 11 is 0. The minimum absolute atomic E-state index is 0.0205. The minimum atomic E-state index is -0.669. The Morgan fingerprint density at radius 1 is 0.844 bits per heavy atom. The van der Waals surface area contributed by atoms with Crippen LogP contribution in [0.3, 0.4) is 0 Å². The quantitative estimate of drug-likeness (QED) is 0.215. The zero-order valence-corrected chi connectivity index (χ0v) is 25.8. The van der Waals surface area contributed by atoms with Gasteiger partial charge in [-0.15, -0.1) is 0 Å². The van der Waals surface area contributed by atoms with Gasteiger partial charge in [0.05, 0.1) is 43.0 Å². The molecule has 2 fully saturated rings. The van der Waals surface area contributed by atoms with E-state index in [9.17, 15) is 14.4 Å². The molecule has 45 heavy (non-hydrogen) atoms. The average molecular weight is 610 g/mol. The van der Waals surface area contributed by atoms with Gasteiger partial charge in [-0.25, -0.2) is 14.8 Å². The predicted molar refractivity (Wildman–Crippen MR) is 170 cm³/mol. The number of aromatic nitrogens is 4. The number of alkyl carbamates (subject to hydrolysis) is 1. The third kappa shape index (κ3) is 6.20. The second-order valence-electron chi connectivity index (χ2n) is 12.1. The van der Waals surface area contributed by atoms with E-state index in [2.05, 4.69) is 73.8 Å². The van der Waals surface area contributed by atoms with Gasteiger partial charge in [-0.3, -0.25) is 9.59 Å². The van der Waals surface area contributed by atoms with Crippen molar-refractivity contribution in [1.82, 2.24) is 35.1 Å². The van der Waals surface area contributed by atoms with Crippen molar-refractivity contribution in [2.75, 3.05) is 20.2 Å². The van der Waals surface area contributed by atoms with Crippen molar-refractivity contribution in [3.05, 3.63) is 72.6 Å². The molecule has 0 bridgehead atoms. The fourth-order valence-electron chi connectivity index (χ4n) is 6.39. The molecule has 6 rings (SSSR count). The van der Waals surface area contributed by atoms with E-state index in [1.807, 2.05) is 31.1 Å². The smallest absolute Gasteiger partial charge is 0.407 e. The van der Waals surface area contributed by atoms with E-state index in [-0.39, 0.29) is 23.9 Å². The maximum atomic E-state index is 13.4. The summed E-state index contributed by atoms with van der Waals surface area (Å²) in [5.74, 6) is 1.36. The van der Waals surface area contributed by atoms with Crippen molar-refractivity contribution in [2.45, 2.75) is 57.7 Å². The molecule has 2 aromatic heterocycles. The molecule has 11 nitrogen and oxygen atoms in total. The minimum Gasteiger partial charge on any atom is -0.453 e. The molecule has 2 saturated heterocycles. The largest absolute Gasteiger partial charge is 0.453 e. The van der Waals surface area contributed by atoms with Gasteiger partial charge in [0.1, 0.15) is 17.7 Å². The highest BCUT2D eigenvalue weighted by molar-refractivity contribution is 5.86. The molecule has 2 aliphatic rings. The number of nitrogens with zero attached hydrogens (tertiary/aromatic N) is 4. The SMILES string of the molecule is COC(=O)NC(C(=O)N1CCCC1c1ncc(-c2ccc(-c3ccc(-c4cnc(C5CCCN5C=O)[nH]4)cc3)cc2)[nH]1)C(C)C. The molecular formula is C34H39N7O4. The number of imidazole rings is 2. The van der Waals surface area contributed by atoms with Gasteiger partial charge in [0.2, 0.25) is 12.3 Å². The third-order valence-corrected chi connectivity index (χ3v) is 8.90. The fraction of sp³-hybridized carbons (Fsp3) is 0.382. The molecule has 3 N–H and O–H groups in total. The lowest BCUT2D eigenvalue weighted by Gasteiger charge is -2.30. The van der Waals surface area contributed by atoms with E-state index in [4.69, 9.17) is 4.74 Å². The Labute approximate surface area is 262 Å². The number of benzene rings is 2. The van der Waals surface area contributed by atoms with Crippen molar-refractivity contribution in [2.24, 2.45) is 5.92 Å². The molecule has 0 radical (unpaired) electrons. The molecule has 4 aromatic rings. The van der Waals surface area contributed by atoms with Crippen LogP contribution in [0, 0.1) is 5.92 Å². The number of nitrogens with one attached hydrogen (secondary N) is 3. The zero-order chi connectivity index (χ0) is 31.5. The van der Waals surface area contributed by atoms with Crippen LogP contribution in [0.1, 0.15) is 63.3 Å². The first-order chi connectivity index (χ1) is 21.9. The Hall–Kier alpha value is -4.93. The van der Waals surface area contributed by atoms with Gasteiger partial charge in [-0.05, 0) is 53.9 Å². The zero-order valence-electron chi connectivity index (χ0n) is 25.8. The van der Waals surface area contributed by atoms with Gasteiger partial charge < -0.3 is 29.8 Å². The lowest BCUT2D eigenvalue weighted by molar-refractivity contribution is -0.135. The number of carbonyl (C=O) groups excluding carboxylic acids is 3. The van der Waals surface area contributed by atoms with Crippen LogP contribution in [0.4, 0.5) is 4.79 Å². The van der Waals surface area contributed by atoms with Crippen LogP contribution < -0.4 is 5.32 Å². The summed E-state index contributed by atoms with van der Waals surface area (Å²) in [6.07, 6.45) is 7.52. The molecule has 2 aliphatic heterocycles. The van der Waals surface area contributed by atoms with Gasteiger partial charge in [0.15, 0.2) is 0 Å². The molecule has 0 saturated carbocycles. The number of hydrogen-bond acceptors (Lipinski definition) is 6. The highest BCUT2D eigenvalue weighted by atomic mass is 16.5. The van der Waals surface area contributed by atoms with Crippen LogP contribution >= 0.6 is 0 Å². The molecule has 11 heteroatoms. The summed E-state index contributed by atoms with van der Waals surface area (Å²) < 4.78 is 4.74. The van der Waals surface area contributed by atoms with Crippen molar-refractivity contribution in [3.63, 3.8) is 0 Å². The lowest BCUT2D eigenvalue weighted by atomic mass is 10.0. The van der Waals surface area contributed by atoms with Crippen molar-refractivity contribution in [3.8, 4) is 33.6 Å². The first-order valence-electron chi connectivity index (χ1n) is 15.5. The van der Waals surface area contributed by atoms with E-state index < -0.39 is 12.1 Å². The summed E-state index contributed by atoms with van der Waals surface area (Å²) in [7, 11) is 1.29. The molecule has 4 heterocycles. The lowest BCUT2D eigenvalue weighted by Crippen LogP contribution is -2.51. The van der Waals surface area contributed by atoms with E-state index in [0.717, 1.165) is 83.9 Å². The summed E-state index contributed by atoms with van der Waals surface area (Å²) in [5.41, 5.74) is 6.03. The van der Waals surface area contributed by atoms with Crippen LogP contribution in [0.5, 0.6) is 0 Å². The predicted octanol–water partition coefficient (Wildman–Crippen LogP) is 5.47. The average Bonchev–Trinajstić information content (AvgIpc) is 3.89. The Kier molecular flexibility index (Phi) is 8.68. The maximum Gasteiger partial charge on any atom is 0.407 e. The number of amides is 3. The fourth-order valence-corrected chi connectivity index (χ4v) is 6.39. The number of hydrogen-bond donors (Lipinski definition) is 3. The number of aromatic amines is 2. The summed E-state index contributed by atoms with van der Waals surface area (Å²) in [6, 6.07) is 15.8. The standard InChI is InChI=1S/C34H39N7O4/c1-21(2)30(39-34(44)45-3)33(43)41-17-5-7-29(41)32-36-19-27(38-32)25-14-10-23(11-15-25)22-8-12-24(13-9-22)26-18-35-31(37-26)28-6-4-16-40(28)20-42/h8-15,18-21,28-30H,4-7,16-17H2,1-3H3,(H,35,37)(H,36,38)(H,39,44). The van der Waals surface area contributed by atoms with Gasteiger partial charge in [-0.2, -0.15) is 0 Å². The van der Waals surface area contributed by atoms with Gasteiger partial charge in [-0.1, -0.05) is 62.4 Å². The third-order valence-electron chi connectivity index (χ3n) is 8.90. The monoisotopic (exact) mass is 609 g/mol. The van der Waals surface area contributed by atoms with Crippen molar-refractivity contribution < 1.29 is 19.1 Å². The molecular weight excluding hydrogens is 570 g/mol. The molecule has 2 aromatic carbocycles. The van der Waals surface area contributed by atoms with E-state index >= 15 is 0 Å². The Morgan fingerprint density at radius 3 is 1.89 bits per heavy atom. The molecule has 3 atom stereocenters. The number of H-pyrrole nitrogens is 2. The first kappa shape index (κ1) is 30.1. The van der Waals surface area contributed by atoms with Gasteiger partial charge in [0, 0.05) is 13.1 Å². The number of likely N-dealkylation sites (tertiary alicyclic amines) is 2. The topological polar surface area (TPSA) is 136 Å². The van der Waals surface area contributed by atoms with Crippen LogP contribution in [-0.2, 0) is 14.3 Å². The van der Waals surface area contributed by atoms with E-state index in [1.54, 1.807) is 4.90 Å². The van der Waals surface area contributed by atoms with Gasteiger partial charge in [0.25, 0.3) is 0 Å². The van der Waals surface area contributed by atoms with Crippen LogP contribution in [0.15, 0.2) is 60.9 Å². The highest BCUT2D eigenvalue weighted by Gasteiger charge is 2.37. The van der Waals surface area contributed by atoms with Gasteiger partial charge >= 0.3 is 6.09 Å². The highest BCUT2D eigenvalue weighted by Crippen LogP contribution is 2.34. The number of carbonyl (C=O) groups is 3. The number of methoxy groups -OCH3 is 1. The normalized spacial score (nSPS) is 18.8. The first-order valence-corrected chi connectivity index (χ1v) is 15.5. The Balaban J connectivity index is 1.13. The summed E-state index contributed by atoms with van der Waals surface area (Å²) in [5, 5.41) is 2.69. The Bertz CT molecular complexity index is 1640. The molecule has 3 unspecified atom stereocenters. The molecule has 0 aliphatic carbocycles. The van der Waals surface area contributed by atoms with Crippen molar-refractivity contribution >= 4 is 18.4 Å². The number of rotatable bonds is 9. The van der Waals surface area contributed by atoms with E-state index in [0.29, 0.717) is 6.54 Å². The number of ether oxygens (including phenoxy) is 1. The second kappa shape index (κ2) is 13.0. The maximum absolute atomic E-state index is 13.4. The molecule has 0 spiro atoms. The van der Waals surface area contributed by atoms with Crippen LogP contribution in [0.25, 0.3) is 33.6 Å². The van der Waals surface area contributed by atoms with Crippen molar-refractivity contribution in [1.29, 1.82) is 0 Å². The van der Waals surface area contributed by atoms with Crippen LogP contribution in [0.2, 0.25) is 0 Å². The van der Waals surface area contributed by atoms with Crippen LogP contribution in [-0.4, -0.2) is 74.4 Å².